The van der Waals surface area contributed by atoms with Crippen molar-refractivity contribution in [1.82, 2.24) is 4.72 Å². The van der Waals surface area contributed by atoms with Crippen molar-refractivity contribution in [3.8, 4) is 0 Å². The number of anilines is 1. The fourth-order valence-electron chi connectivity index (χ4n) is 2.33. The summed E-state index contributed by atoms with van der Waals surface area (Å²) in [5.74, 6) is 0.239. The minimum absolute atomic E-state index is 0.141. The molecule has 1 heterocycles. The molecule has 1 aliphatic heterocycles. The van der Waals surface area contributed by atoms with Gasteiger partial charge in [-0.05, 0) is 44.0 Å². The van der Waals surface area contributed by atoms with Crippen LogP contribution in [0.3, 0.4) is 0 Å². The molecule has 0 unspecified atom stereocenters. The Bertz CT molecular complexity index is 778. The van der Waals surface area contributed by atoms with E-state index in [4.69, 9.17) is 0 Å². The standard InChI is InChI=1S/C18H23N3O3S/c1-2-3-5-9-18(22)20-15-10-12-16(13-11-15)25(23,24)21-17-8-6-4-7-14-19-17/h2-3,5,9-13H,4,6-8,14H2,1H3,(H,19,21)(H,20,22)/b3-2+,9-5+. The lowest BCUT2D eigenvalue weighted by Crippen LogP contribution is -2.30. The van der Waals surface area contributed by atoms with Crippen LogP contribution in [0, 0.1) is 0 Å². The first-order valence-corrected chi connectivity index (χ1v) is 9.76. The van der Waals surface area contributed by atoms with Crippen molar-refractivity contribution in [2.75, 3.05) is 11.9 Å². The molecular weight excluding hydrogens is 338 g/mol. The summed E-state index contributed by atoms with van der Waals surface area (Å²) in [6.45, 7) is 2.51. The van der Waals surface area contributed by atoms with Gasteiger partial charge < -0.3 is 5.32 Å². The molecule has 0 aromatic heterocycles. The van der Waals surface area contributed by atoms with E-state index < -0.39 is 10.0 Å². The number of aliphatic imine (C=N–C) groups is 1. The number of hydrogen-bond donors (Lipinski definition) is 2. The minimum atomic E-state index is -3.66. The van der Waals surface area contributed by atoms with Gasteiger partial charge in [-0.3, -0.25) is 14.5 Å². The molecule has 0 atom stereocenters. The molecule has 25 heavy (non-hydrogen) atoms. The first-order valence-electron chi connectivity index (χ1n) is 8.28. The Morgan fingerprint density at radius 2 is 1.88 bits per heavy atom. The second kappa shape index (κ2) is 9.17. The molecule has 0 spiro atoms. The molecule has 1 aliphatic rings. The van der Waals surface area contributed by atoms with Gasteiger partial charge in [-0.1, -0.05) is 24.6 Å². The van der Waals surface area contributed by atoms with E-state index in [0.29, 0.717) is 24.5 Å². The van der Waals surface area contributed by atoms with Gasteiger partial charge in [0.05, 0.1) is 4.90 Å². The van der Waals surface area contributed by atoms with Gasteiger partial charge in [0.25, 0.3) is 10.0 Å². The van der Waals surface area contributed by atoms with Gasteiger partial charge in [-0.15, -0.1) is 0 Å². The zero-order valence-electron chi connectivity index (χ0n) is 14.2. The van der Waals surface area contributed by atoms with Gasteiger partial charge in [-0.25, -0.2) is 8.42 Å². The predicted octanol–water partition coefficient (Wildman–Crippen LogP) is 3.01. The van der Waals surface area contributed by atoms with Crippen molar-refractivity contribution in [2.24, 2.45) is 4.99 Å². The van der Waals surface area contributed by atoms with Crippen molar-refractivity contribution in [2.45, 2.75) is 37.5 Å². The highest BCUT2D eigenvalue weighted by atomic mass is 32.2. The molecule has 0 fully saturated rings. The largest absolute Gasteiger partial charge is 0.323 e. The summed E-state index contributed by atoms with van der Waals surface area (Å²) < 4.78 is 27.4. The fraction of sp³-hybridized carbons (Fsp3) is 0.333. The average Bonchev–Trinajstić information content (AvgIpc) is 2.84. The number of carbonyl (C=O) groups excluding carboxylic acids is 1. The monoisotopic (exact) mass is 361 g/mol. The zero-order chi connectivity index (χ0) is 18.1. The van der Waals surface area contributed by atoms with E-state index in [0.717, 1.165) is 19.3 Å². The summed E-state index contributed by atoms with van der Waals surface area (Å²) in [4.78, 5) is 16.1. The summed E-state index contributed by atoms with van der Waals surface area (Å²) in [6, 6.07) is 6.05. The Balaban J connectivity index is 2.02. The quantitative estimate of drug-likeness (QED) is 0.624. The number of allylic oxidation sites excluding steroid dienone is 3. The Morgan fingerprint density at radius 3 is 2.60 bits per heavy atom. The highest BCUT2D eigenvalue weighted by molar-refractivity contribution is 7.90. The van der Waals surface area contributed by atoms with Crippen LogP contribution in [0.15, 0.2) is 58.5 Å². The van der Waals surface area contributed by atoms with Crippen molar-refractivity contribution in [3.63, 3.8) is 0 Å². The summed E-state index contributed by atoms with van der Waals surface area (Å²) in [5, 5.41) is 2.67. The van der Waals surface area contributed by atoms with Crippen molar-refractivity contribution in [3.05, 3.63) is 48.6 Å². The molecule has 0 aliphatic carbocycles. The molecule has 1 aromatic rings. The average molecular weight is 361 g/mol. The van der Waals surface area contributed by atoms with E-state index >= 15 is 0 Å². The number of carbonyl (C=O) groups is 1. The molecule has 0 saturated carbocycles. The van der Waals surface area contributed by atoms with E-state index in [1.807, 2.05) is 13.0 Å². The van der Waals surface area contributed by atoms with E-state index in [1.165, 1.54) is 18.2 Å². The van der Waals surface area contributed by atoms with E-state index in [-0.39, 0.29) is 10.8 Å². The number of sulfonamides is 1. The van der Waals surface area contributed by atoms with E-state index in [1.54, 1.807) is 24.3 Å². The summed E-state index contributed by atoms with van der Waals surface area (Å²) >= 11 is 0. The normalized spacial score (nSPS) is 15.8. The highest BCUT2D eigenvalue weighted by Gasteiger charge is 2.17. The molecular formula is C18H23N3O3S. The topological polar surface area (TPSA) is 87.6 Å². The van der Waals surface area contributed by atoms with Gasteiger partial charge in [0, 0.05) is 24.7 Å². The molecule has 7 heteroatoms. The first-order chi connectivity index (χ1) is 12.0. The van der Waals surface area contributed by atoms with Gasteiger partial charge in [0.1, 0.15) is 5.84 Å². The Morgan fingerprint density at radius 1 is 1.12 bits per heavy atom. The molecule has 0 saturated heterocycles. The number of nitrogens with zero attached hydrogens (tertiary/aromatic N) is 1. The lowest BCUT2D eigenvalue weighted by molar-refractivity contribution is -0.111. The third-order valence-electron chi connectivity index (χ3n) is 3.61. The van der Waals surface area contributed by atoms with Gasteiger partial charge in [0.2, 0.25) is 5.91 Å². The molecule has 2 rings (SSSR count). The number of hydrogen-bond acceptors (Lipinski definition) is 4. The van der Waals surface area contributed by atoms with Crippen LogP contribution in [0.4, 0.5) is 5.69 Å². The van der Waals surface area contributed by atoms with Gasteiger partial charge >= 0.3 is 0 Å². The number of rotatable bonds is 5. The lowest BCUT2D eigenvalue weighted by atomic mass is 10.2. The lowest BCUT2D eigenvalue weighted by Gasteiger charge is -2.10. The third kappa shape index (κ3) is 6.19. The Hall–Kier alpha value is -2.41. The summed E-state index contributed by atoms with van der Waals surface area (Å²) in [7, 11) is -3.66. The summed E-state index contributed by atoms with van der Waals surface area (Å²) in [5.41, 5.74) is 0.529. The third-order valence-corrected chi connectivity index (χ3v) is 5.01. The molecule has 0 radical (unpaired) electrons. The molecule has 6 nitrogen and oxygen atoms in total. The number of benzene rings is 1. The van der Waals surface area contributed by atoms with Crippen LogP contribution in [0.5, 0.6) is 0 Å². The number of nitrogens with one attached hydrogen (secondary N) is 2. The smallest absolute Gasteiger partial charge is 0.262 e. The molecule has 0 bridgehead atoms. The van der Waals surface area contributed by atoms with Gasteiger partial charge in [-0.2, -0.15) is 0 Å². The van der Waals surface area contributed by atoms with Gasteiger partial charge in [0.15, 0.2) is 0 Å². The second-order valence-corrected chi connectivity index (χ2v) is 7.33. The van der Waals surface area contributed by atoms with Crippen molar-refractivity contribution >= 4 is 27.5 Å². The Kier molecular flexibility index (Phi) is 6.94. The molecule has 134 valence electrons. The molecule has 1 aromatic carbocycles. The van der Waals surface area contributed by atoms with Crippen LogP contribution in [0.1, 0.15) is 32.6 Å². The van der Waals surface area contributed by atoms with Crippen molar-refractivity contribution in [1.29, 1.82) is 0 Å². The van der Waals surface area contributed by atoms with Crippen LogP contribution in [-0.2, 0) is 14.8 Å². The second-order valence-electron chi connectivity index (χ2n) is 5.64. The zero-order valence-corrected chi connectivity index (χ0v) is 15.1. The highest BCUT2D eigenvalue weighted by Crippen LogP contribution is 2.15. The van der Waals surface area contributed by atoms with E-state index in [9.17, 15) is 13.2 Å². The number of amides is 1. The maximum absolute atomic E-state index is 12.4. The molecule has 2 N–H and O–H groups in total. The van der Waals surface area contributed by atoms with Crippen LogP contribution >= 0.6 is 0 Å². The maximum atomic E-state index is 12.4. The van der Waals surface area contributed by atoms with Crippen LogP contribution in [0.25, 0.3) is 0 Å². The Labute approximate surface area is 148 Å². The van der Waals surface area contributed by atoms with Crippen molar-refractivity contribution < 1.29 is 13.2 Å². The minimum Gasteiger partial charge on any atom is -0.323 e. The van der Waals surface area contributed by atoms with Crippen LogP contribution in [-0.4, -0.2) is 26.7 Å². The number of amidine groups is 1. The SMILES string of the molecule is C/C=C/C=C/C(=O)Nc1ccc(S(=O)(=O)NC2=NCCCCC2)cc1. The summed E-state index contributed by atoms with van der Waals surface area (Å²) in [6.07, 6.45) is 10.2. The maximum Gasteiger partial charge on any atom is 0.262 e. The molecule has 1 amide bonds. The van der Waals surface area contributed by atoms with Crippen LogP contribution < -0.4 is 10.0 Å². The predicted molar refractivity (Wildman–Crippen MR) is 100 cm³/mol. The van der Waals surface area contributed by atoms with E-state index in [2.05, 4.69) is 15.0 Å². The first kappa shape index (κ1) is 18.9. The van der Waals surface area contributed by atoms with Crippen LogP contribution in [0.2, 0.25) is 0 Å². The fourth-order valence-corrected chi connectivity index (χ4v) is 3.42.